The van der Waals surface area contributed by atoms with E-state index < -0.39 is 264 Å². The molecule has 4 heterocycles. The number of hydrogen-bond acceptors (Lipinski definition) is 4. The standard InChI is InChI=1S/C69H64BN5/c1-66(2,3)45-21-27-49(28-22-45)72(50-29-23-46(24-30-50)67(4,5)6)52-31-32-55-59(40-52)73(51-26-20-43-16-13-14-17-44(43)36-51)60-34-42(41-71)35-61-63(60)70(55)56-18-15-19-58-65(56)75(61)62-39-48(69(10,11)12)38-54-53-37-47(68(7,8)9)25-33-57(53)74(58)64(54)62/h13-40H,1-12H3/i13D,14D,15D,16D,17D,18D,19D,20D,21D,22D,23D,24D,25D,26D,27D,28D,29D,30D,31D,32D,33D,34D,35D,36D,37D,38D,39D,40D. The van der Waals surface area contributed by atoms with Gasteiger partial charge >= 0.3 is 0 Å². The van der Waals surface area contributed by atoms with Crippen molar-refractivity contribution in [1.29, 1.82) is 5.26 Å². The van der Waals surface area contributed by atoms with Gasteiger partial charge in [0.25, 0.3) is 6.71 Å². The van der Waals surface area contributed by atoms with Gasteiger partial charge in [0, 0.05) is 50.6 Å². The molecule has 75 heavy (non-hydrogen) atoms. The van der Waals surface area contributed by atoms with E-state index in [1.54, 1.807) is 83.1 Å². The second-order valence-electron chi connectivity index (χ2n) is 23.2. The van der Waals surface area contributed by atoms with E-state index in [-0.39, 0.29) is 67.5 Å². The Morgan fingerprint density at radius 3 is 1.67 bits per heavy atom. The van der Waals surface area contributed by atoms with E-state index in [2.05, 4.69) is 0 Å². The minimum absolute atomic E-state index is 0.00661. The minimum Gasteiger partial charge on any atom is -0.311 e. The molecular formula is C69H64BN5. The lowest BCUT2D eigenvalue weighted by atomic mass is 9.33. The molecule has 0 fully saturated rings. The molecule has 10 aromatic rings. The van der Waals surface area contributed by atoms with Crippen LogP contribution in [0.3, 0.4) is 0 Å². The summed E-state index contributed by atoms with van der Waals surface area (Å²) in [5.41, 5.74) is -14.7. The number of benzene rings is 9. The maximum absolute atomic E-state index is 11.6. The van der Waals surface area contributed by atoms with Crippen molar-refractivity contribution in [2.24, 2.45) is 0 Å². The van der Waals surface area contributed by atoms with Gasteiger partial charge in [-0.3, -0.25) is 0 Å². The van der Waals surface area contributed by atoms with Gasteiger partial charge in [-0.15, -0.1) is 0 Å². The summed E-state index contributed by atoms with van der Waals surface area (Å²) in [6, 6.07) is -21.2. The summed E-state index contributed by atoms with van der Waals surface area (Å²) < 4.78 is 279. The second-order valence-corrected chi connectivity index (χ2v) is 23.2. The Balaban J connectivity index is 1.35. The lowest BCUT2D eigenvalue weighted by Crippen LogP contribution is -2.61. The zero-order chi connectivity index (χ0) is 76.6. The predicted octanol–water partition coefficient (Wildman–Crippen LogP) is 16.9. The molecule has 368 valence electrons. The smallest absolute Gasteiger partial charge is 0.252 e. The van der Waals surface area contributed by atoms with Crippen molar-refractivity contribution in [2.75, 3.05) is 14.7 Å². The Kier molecular flexibility index (Phi) is 5.44. The van der Waals surface area contributed by atoms with Gasteiger partial charge in [-0.2, -0.15) is 5.26 Å². The zero-order valence-electron chi connectivity index (χ0n) is 71.3. The molecule has 13 rings (SSSR count). The third-order valence-electron chi connectivity index (χ3n) is 13.8. The first-order valence-electron chi connectivity index (χ1n) is 38.5. The molecule has 0 spiro atoms. The van der Waals surface area contributed by atoms with Gasteiger partial charge in [0.15, 0.2) is 0 Å². The molecule has 1 aromatic heterocycles. The first kappa shape index (κ1) is 25.5. The quantitative estimate of drug-likeness (QED) is 0.165. The van der Waals surface area contributed by atoms with E-state index in [9.17, 15) is 39.5 Å². The molecule has 0 saturated carbocycles. The summed E-state index contributed by atoms with van der Waals surface area (Å²) in [5.74, 6) is 0. The Morgan fingerprint density at radius 2 is 1.04 bits per heavy atom. The average molecular weight is 1000 g/mol. The van der Waals surface area contributed by atoms with Gasteiger partial charge in [-0.05, 0) is 162 Å². The molecular weight excluding hydrogens is 910 g/mol. The molecule has 0 atom stereocenters. The van der Waals surface area contributed by atoms with Crippen LogP contribution in [0.25, 0.3) is 38.3 Å². The van der Waals surface area contributed by atoms with E-state index in [0.717, 1.165) is 4.90 Å². The number of fused-ring (bicyclic) bond motifs is 10. The van der Waals surface area contributed by atoms with Crippen LogP contribution < -0.4 is 31.1 Å². The van der Waals surface area contributed by atoms with Crippen molar-refractivity contribution in [3.8, 4) is 11.8 Å². The topological polar surface area (TPSA) is 38.4 Å². The number of rotatable bonds is 4. The Hall–Kier alpha value is -8.01. The van der Waals surface area contributed by atoms with Gasteiger partial charge in [-0.25, -0.2) is 0 Å². The Bertz CT molecular complexity index is 5630. The summed E-state index contributed by atoms with van der Waals surface area (Å²) in [4.78, 5) is 2.57. The van der Waals surface area contributed by atoms with E-state index >= 15 is 0 Å². The number of anilines is 9. The molecule has 0 radical (unpaired) electrons. The first-order valence-corrected chi connectivity index (χ1v) is 24.5. The fraction of sp³-hybridized carbons (Fsp3) is 0.232. The summed E-state index contributed by atoms with van der Waals surface area (Å²) >= 11 is 0. The van der Waals surface area contributed by atoms with Crippen LogP contribution in [0.1, 0.15) is 149 Å². The Morgan fingerprint density at radius 1 is 0.453 bits per heavy atom. The number of nitriles is 1. The van der Waals surface area contributed by atoms with Crippen molar-refractivity contribution in [3.05, 3.63) is 197 Å². The van der Waals surface area contributed by atoms with Crippen LogP contribution in [0.5, 0.6) is 0 Å². The van der Waals surface area contributed by atoms with E-state index in [0.29, 0.717) is 4.90 Å². The summed E-state index contributed by atoms with van der Waals surface area (Å²) in [6.07, 6.45) is 0. The monoisotopic (exact) mass is 1000 g/mol. The molecule has 9 aromatic carbocycles. The maximum atomic E-state index is 11.6. The highest BCUT2D eigenvalue weighted by Gasteiger charge is 2.47. The molecule has 5 nitrogen and oxygen atoms in total. The van der Waals surface area contributed by atoms with Gasteiger partial charge in [0.05, 0.1) is 78.1 Å². The third-order valence-corrected chi connectivity index (χ3v) is 13.8. The molecule has 0 N–H and O–H groups in total. The minimum atomic E-state index is -2.08. The van der Waals surface area contributed by atoms with Gasteiger partial charge < -0.3 is 19.3 Å². The molecule has 0 aliphatic carbocycles. The third kappa shape index (κ3) is 7.18. The van der Waals surface area contributed by atoms with Crippen molar-refractivity contribution >= 4 is 107 Å². The van der Waals surface area contributed by atoms with Crippen molar-refractivity contribution in [3.63, 3.8) is 0 Å². The zero-order valence-corrected chi connectivity index (χ0v) is 43.3. The van der Waals surface area contributed by atoms with Crippen molar-refractivity contribution < 1.29 is 38.4 Å². The highest BCUT2D eigenvalue weighted by molar-refractivity contribution is 7.00. The predicted molar refractivity (Wildman–Crippen MR) is 320 cm³/mol. The summed E-state index contributed by atoms with van der Waals surface area (Å²) in [5, 5.41) is 10.1. The summed E-state index contributed by atoms with van der Waals surface area (Å²) in [6.45, 7) is 17.8. The molecule has 0 saturated heterocycles. The maximum Gasteiger partial charge on any atom is 0.252 e. The van der Waals surface area contributed by atoms with Crippen LogP contribution in [0.2, 0.25) is 0 Å². The van der Waals surface area contributed by atoms with Gasteiger partial charge in [0.2, 0.25) is 0 Å². The van der Waals surface area contributed by atoms with Crippen molar-refractivity contribution in [2.45, 2.75) is 105 Å². The van der Waals surface area contributed by atoms with E-state index in [4.69, 9.17) is 4.11 Å². The van der Waals surface area contributed by atoms with Crippen molar-refractivity contribution in [1.82, 2.24) is 4.57 Å². The Labute approximate surface area is 482 Å². The first-order chi connectivity index (χ1) is 47.4. The second kappa shape index (κ2) is 16.0. The number of para-hydroxylation sites is 1. The number of nitrogens with zero attached hydrogens (tertiary/aromatic N) is 5. The fourth-order valence-electron chi connectivity index (χ4n) is 9.90. The van der Waals surface area contributed by atoms with E-state index in [1.165, 1.54) is 9.47 Å². The van der Waals surface area contributed by atoms with Gasteiger partial charge in [-0.1, -0.05) is 162 Å². The van der Waals surface area contributed by atoms with Crippen LogP contribution in [0, 0.1) is 11.3 Å². The highest BCUT2D eigenvalue weighted by atomic mass is 15.2. The fourth-order valence-corrected chi connectivity index (χ4v) is 9.90. The number of aromatic nitrogens is 1. The molecule has 3 aliphatic heterocycles. The van der Waals surface area contributed by atoms with Gasteiger partial charge in [0.1, 0.15) is 0 Å². The van der Waals surface area contributed by atoms with Crippen LogP contribution in [0.4, 0.5) is 51.2 Å². The summed E-state index contributed by atoms with van der Waals surface area (Å²) in [7, 11) is 0. The molecule has 0 bridgehead atoms. The number of hydrogen-bond donors (Lipinski definition) is 0. The molecule has 6 heteroatoms. The van der Waals surface area contributed by atoms with E-state index in [1.807, 2.05) is 6.07 Å². The average Bonchev–Trinajstić information content (AvgIpc) is 1.65. The normalized spacial score (nSPS) is 19.0. The lowest BCUT2D eigenvalue weighted by Gasteiger charge is -2.46. The molecule has 0 unspecified atom stereocenters. The molecule has 0 amide bonds. The van der Waals surface area contributed by atoms with Crippen LogP contribution in [0.15, 0.2) is 169 Å². The highest BCUT2D eigenvalue weighted by Crippen LogP contribution is 2.54. The van der Waals surface area contributed by atoms with Crippen LogP contribution in [-0.4, -0.2) is 11.3 Å². The van der Waals surface area contributed by atoms with Crippen LogP contribution >= 0.6 is 0 Å². The lowest BCUT2D eigenvalue weighted by molar-refractivity contribution is 0.590. The SMILES string of the molecule is [2H]c1c([2H])c2c3c(c1[2H])-n1c4c([2H])c([2H])c(C(C)(C)C)c([2H])c4c4c([2H])c(C(C)(C)C)c([2H])c(c41)N3c1c([2H])c(C#N)c([2H])c3c1B2c1c([2H])c([2H])c(N(c2c([2H])c([2H])c(C(C)(C)C)c([2H])c2[2H])c2c([2H])c([2H])c(C(C)(C)C)c([2H])c2[2H])c([2H])c1N3c1c([2H])c([2H])c2c([2H])c([2H])c([2H])c([2H])c2c1[2H]. The van der Waals surface area contributed by atoms with Crippen LogP contribution in [-0.2, 0) is 21.7 Å². The largest absolute Gasteiger partial charge is 0.311 e. The molecule has 3 aliphatic rings.